The van der Waals surface area contributed by atoms with E-state index >= 15 is 0 Å². The van der Waals surface area contributed by atoms with Crippen molar-refractivity contribution in [2.24, 2.45) is 7.05 Å². The Kier molecular flexibility index (Phi) is 19.0. The fourth-order valence-corrected chi connectivity index (χ4v) is 16.2. The summed E-state index contributed by atoms with van der Waals surface area (Å²) in [5.74, 6) is -0.957. The van der Waals surface area contributed by atoms with Crippen molar-refractivity contribution in [2.75, 3.05) is 50.7 Å². The number of anilines is 3. The van der Waals surface area contributed by atoms with Crippen LogP contribution in [-0.2, 0) is 89.3 Å². The molecule has 96 heavy (non-hydrogen) atoms. The lowest BCUT2D eigenvalue weighted by Crippen LogP contribution is -2.38. The number of aliphatic hydroxyl groups is 5. The average Bonchev–Trinajstić information content (AvgIpc) is 1.63. The number of aryl methyl sites for hydroxylation is 1. The number of ether oxygens (including phenoxy) is 5. The van der Waals surface area contributed by atoms with Crippen LogP contribution in [0.4, 0.5) is 17.7 Å². The van der Waals surface area contributed by atoms with Gasteiger partial charge in [-0.1, -0.05) is 0 Å². The van der Waals surface area contributed by atoms with Crippen LogP contribution < -0.4 is 37.8 Å². The van der Waals surface area contributed by atoms with Gasteiger partial charge in [0.1, 0.15) is 91.4 Å². The number of nitrogen functional groups attached to an aromatic ring is 3. The normalized spacial score (nSPS) is 31.1. The number of rotatable bonds is 25. The molecule has 0 amide bonds. The molecule has 4 aliphatic rings. The standard InChI is InChI=1S/C42H54N19O30P5/c1-57-13-61(31-14(57)3-46-8-48-31)38-25(65)23(63)16(85-38)5-82-94(73,74)90-96(77,78)91-95(75,76)83-7-18-28(29(79-2)40(87-18)58-10-50-19-30(43)47-9-49-32(19)58)89-93(71,72)81-6-17-27(26(66)39(86-17)60-12-52-21-34(60)54-42(45)56-36(21)68)88-92(69,70)80-4-15-22(62)24(64)37(84-15)59-11-51-20-33(59)53-41(44)55-35(20)67/h3,8-13,15-18,22-29,37-40,62-66H,4-7H2,1-2H3,(H12-,43,44,45,47,49,53,54,55,56,67,68,69,70,71,72,73,74,75,76,77,78). The van der Waals surface area contributed by atoms with Crippen molar-refractivity contribution in [3.8, 4) is 0 Å². The van der Waals surface area contributed by atoms with E-state index in [0.29, 0.717) is 5.52 Å². The topological polar surface area (TPSA) is 694 Å². The number of aromatic nitrogens is 16. The van der Waals surface area contributed by atoms with Crippen molar-refractivity contribution in [1.29, 1.82) is 0 Å². The summed E-state index contributed by atoms with van der Waals surface area (Å²) in [7, 11) is -27.4. The van der Waals surface area contributed by atoms with Gasteiger partial charge in [-0.15, -0.1) is 0 Å². The van der Waals surface area contributed by atoms with Crippen molar-refractivity contribution in [3.05, 3.63) is 64.9 Å². The van der Waals surface area contributed by atoms with Gasteiger partial charge in [-0.2, -0.15) is 19.5 Å². The van der Waals surface area contributed by atoms with Gasteiger partial charge in [0.05, 0.1) is 58.7 Å². The zero-order valence-electron chi connectivity index (χ0n) is 48.4. The summed E-state index contributed by atoms with van der Waals surface area (Å²) in [6, 6.07) is 0. The van der Waals surface area contributed by atoms with Gasteiger partial charge < -0.3 is 90.9 Å². The molecule has 8 aromatic heterocycles. The lowest BCUT2D eigenvalue weighted by molar-refractivity contribution is -0.646. The summed E-state index contributed by atoms with van der Waals surface area (Å²) < 4.78 is 142. The molecule has 0 radical (unpaired) electrons. The fourth-order valence-electron chi connectivity index (χ4n) is 10.8. The number of H-pyrrole nitrogens is 2. The van der Waals surface area contributed by atoms with Gasteiger partial charge in [-0.25, -0.2) is 61.4 Å². The number of phosphoric acid groups is 5. The van der Waals surface area contributed by atoms with Gasteiger partial charge in [0, 0.05) is 7.11 Å². The van der Waals surface area contributed by atoms with Crippen LogP contribution in [0.15, 0.2) is 53.7 Å². The van der Waals surface area contributed by atoms with Crippen LogP contribution in [0.1, 0.15) is 24.9 Å². The number of fused-ring (bicyclic) bond motifs is 4. The largest absolute Gasteiger partial charge is 0.756 e. The number of methoxy groups -OCH3 is 1. The zero-order chi connectivity index (χ0) is 68.9. The van der Waals surface area contributed by atoms with Gasteiger partial charge in [0.25, 0.3) is 24.6 Å². The second-order valence-corrected chi connectivity index (χ2v) is 28.6. The Balaban J connectivity index is 0.741. The highest BCUT2D eigenvalue weighted by Gasteiger charge is 2.55. The molecule has 4 saturated heterocycles. The van der Waals surface area contributed by atoms with Gasteiger partial charge in [-0.05, 0) is 0 Å². The smallest absolute Gasteiger partial charge is 0.478 e. The molecule has 4 aliphatic heterocycles. The third kappa shape index (κ3) is 13.8. The zero-order valence-corrected chi connectivity index (χ0v) is 52.9. The molecule has 0 aliphatic carbocycles. The number of nitrogens with two attached hydrogens (primary N) is 3. The monoisotopic (exact) mass is 1460 g/mol. The Bertz CT molecular complexity index is 4640. The first-order chi connectivity index (χ1) is 45.2. The molecule has 4 fully saturated rings. The second kappa shape index (κ2) is 26.3. The predicted molar refractivity (Wildman–Crippen MR) is 303 cm³/mol. The lowest BCUT2D eigenvalue weighted by Gasteiger charge is -2.28. The Morgan fingerprint density at radius 1 is 0.542 bits per heavy atom. The molecule has 0 saturated carbocycles. The molecule has 21 atom stereocenters. The number of aliphatic hydroxyl groups excluding tert-OH is 5. The number of hydrogen-bond donors (Lipinski definition) is 14. The minimum Gasteiger partial charge on any atom is -0.756 e. The van der Waals surface area contributed by atoms with Gasteiger partial charge >= 0.3 is 31.3 Å². The van der Waals surface area contributed by atoms with E-state index in [9.17, 15) is 82.4 Å². The van der Waals surface area contributed by atoms with Crippen molar-refractivity contribution in [1.82, 2.24) is 73.1 Å². The quantitative estimate of drug-likeness (QED) is 0.0187. The summed E-state index contributed by atoms with van der Waals surface area (Å²) in [6.45, 7) is -4.91. The summed E-state index contributed by atoms with van der Waals surface area (Å²) in [5, 5.41) is 55.3. The Hall–Kier alpha value is -6.57. The van der Waals surface area contributed by atoms with Crippen molar-refractivity contribution in [2.45, 2.75) is 98.2 Å². The molecule has 49 nitrogen and oxygen atoms in total. The minimum absolute atomic E-state index is 0.0281. The molecule has 0 bridgehead atoms. The number of imidazole rings is 4. The lowest BCUT2D eigenvalue weighted by atomic mass is 10.1. The van der Waals surface area contributed by atoms with E-state index in [0.717, 1.165) is 46.1 Å². The number of hydrogen-bond acceptors (Lipinski definition) is 38. The minimum atomic E-state index is -6.53. The van der Waals surface area contributed by atoms with Crippen LogP contribution >= 0.6 is 39.1 Å². The highest BCUT2D eigenvalue weighted by atomic mass is 31.3. The molecule has 17 N–H and O–H groups in total. The molecule has 54 heteroatoms. The summed E-state index contributed by atoms with van der Waals surface area (Å²) >= 11 is 0. The van der Waals surface area contributed by atoms with E-state index in [4.69, 9.17) is 68.0 Å². The maximum atomic E-state index is 14.3. The number of nitrogens with zero attached hydrogens (tertiary/aromatic N) is 14. The molecular formula is C42H54N19O30P5. The van der Waals surface area contributed by atoms with Crippen LogP contribution in [0.3, 0.4) is 0 Å². The number of aromatic amines is 2. The van der Waals surface area contributed by atoms with Crippen molar-refractivity contribution in [3.63, 3.8) is 0 Å². The molecule has 12 heterocycles. The SMILES string of the molecule is COC1C(OP(=O)(O)OCC2OC(n3cnc4c(=O)[nH]c(N)nc43)C(O)C2OP(=O)(O)OCC2OC(n3cnc4c(=O)[nH]c(N)nc43)C(O)C2O)C(COP(=O)(O)OP(=O)([O-])OP(=O)(O)OCC2OC(n3c[n+](C)c4cncnc43)C(O)C2O)OC1n1cnc2c(N)ncnc21. The molecule has 522 valence electrons. The van der Waals surface area contributed by atoms with Gasteiger partial charge in [0.15, 0.2) is 52.5 Å². The fraction of sp³-hybridized carbons (Fsp3) is 0.524. The van der Waals surface area contributed by atoms with E-state index in [2.05, 4.69) is 63.4 Å². The first-order valence-corrected chi connectivity index (χ1v) is 34.7. The third-order valence-corrected chi connectivity index (χ3v) is 21.2. The van der Waals surface area contributed by atoms with Crippen molar-refractivity contribution >= 4 is 101 Å². The predicted octanol–water partition coefficient (Wildman–Crippen LogP) is -5.74. The molecule has 12 rings (SSSR count). The Labute approximate surface area is 530 Å². The van der Waals surface area contributed by atoms with Crippen molar-refractivity contribution < 1.29 is 137 Å². The highest BCUT2D eigenvalue weighted by molar-refractivity contribution is 7.66. The van der Waals surface area contributed by atoms with E-state index in [1.54, 1.807) is 11.6 Å². The molecule has 21 unspecified atom stereocenters. The summed E-state index contributed by atoms with van der Waals surface area (Å²) in [5.41, 5.74) is 15.3. The number of nitrogens with one attached hydrogen (secondary N) is 2. The summed E-state index contributed by atoms with van der Waals surface area (Å²) in [4.78, 5) is 122. The highest BCUT2D eigenvalue weighted by Crippen LogP contribution is 2.66. The van der Waals surface area contributed by atoms with E-state index in [-0.39, 0.29) is 50.9 Å². The molecule has 0 spiro atoms. The maximum Gasteiger partial charge on any atom is 0.478 e. The van der Waals surface area contributed by atoms with Crippen LogP contribution in [0, 0.1) is 0 Å². The van der Waals surface area contributed by atoms with Crippen LogP contribution in [0.2, 0.25) is 0 Å². The van der Waals surface area contributed by atoms with Crippen LogP contribution in [0.5, 0.6) is 0 Å². The van der Waals surface area contributed by atoms with Gasteiger partial charge in [0.2, 0.25) is 30.0 Å². The molecule has 0 aromatic carbocycles. The van der Waals surface area contributed by atoms with Crippen LogP contribution in [0.25, 0.3) is 44.7 Å². The van der Waals surface area contributed by atoms with Gasteiger partial charge in [-0.3, -0.25) is 65.0 Å². The van der Waals surface area contributed by atoms with E-state index in [1.165, 1.54) is 23.4 Å². The third-order valence-electron chi connectivity index (χ3n) is 15.0. The second-order valence-electron chi connectivity index (χ2n) is 21.2. The van der Waals surface area contributed by atoms with E-state index < -0.39 is 181 Å². The van der Waals surface area contributed by atoms with Crippen LogP contribution in [-0.4, -0.2) is 225 Å². The molecular weight excluding hydrogens is 1410 g/mol. The first kappa shape index (κ1) is 69.3. The maximum absolute atomic E-state index is 14.3. The Morgan fingerprint density at radius 2 is 0.979 bits per heavy atom. The van der Waals surface area contributed by atoms with E-state index in [1.807, 2.05) is 0 Å². The Morgan fingerprint density at radius 3 is 1.52 bits per heavy atom. The number of phosphoric ester groups is 4. The molecule has 8 aromatic rings. The summed E-state index contributed by atoms with van der Waals surface area (Å²) in [6.07, 6.45) is -21.1. The average molecular weight is 1460 g/mol. The first-order valence-electron chi connectivity index (χ1n) is 27.3.